The number of aromatic nitrogens is 2. The van der Waals surface area contributed by atoms with E-state index in [0.29, 0.717) is 6.61 Å². The number of aliphatic carboxylic acids is 1. The number of carboxylic acid groups (broad SMARTS) is 1. The third-order valence-corrected chi connectivity index (χ3v) is 5.22. The zero-order valence-corrected chi connectivity index (χ0v) is 16.9. The Morgan fingerprint density at radius 1 is 1.43 bits per heavy atom. The van der Waals surface area contributed by atoms with Crippen molar-refractivity contribution in [1.82, 2.24) is 20.2 Å². The molecule has 3 N–H and O–H groups in total. The third kappa shape index (κ3) is 6.96. The van der Waals surface area contributed by atoms with Crippen LogP contribution in [-0.4, -0.2) is 83.1 Å². The van der Waals surface area contributed by atoms with E-state index in [0.717, 1.165) is 50.3 Å². The van der Waals surface area contributed by atoms with Gasteiger partial charge < -0.3 is 24.9 Å². The molecule has 0 aromatic carbocycles. The number of nitrogens with one attached hydrogen (secondary N) is 2. The van der Waals surface area contributed by atoms with Gasteiger partial charge in [0.2, 0.25) is 5.91 Å². The smallest absolute Gasteiger partial charge is 0.475 e. The SMILES string of the molecule is CNC(=O)COC1COC2(CCN(Cc3nc[nH]c3C)CC2)C1.O=C(O)C(F)(F)F. The van der Waals surface area contributed by atoms with E-state index in [4.69, 9.17) is 19.4 Å². The number of alkyl halides is 3. The summed E-state index contributed by atoms with van der Waals surface area (Å²) in [6.45, 7) is 5.67. The summed E-state index contributed by atoms with van der Waals surface area (Å²) >= 11 is 0. The fourth-order valence-electron chi connectivity index (χ4n) is 3.40. The molecule has 9 nitrogen and oxygen atoms in total. The number of carbonyl (C=O) groups is 2. The molecule has 0 radical (unpaired) electrons. The van der Waals surface area contributed by atoms with Gasteiger partial charge in [-0.1, -0.05) is 0 Å². The zero-order valence-electron chi connectivity index (χ0n) is 16.9. The number of hydrogen-bond donors (Lipinski definition) is 3. The number of aryl methyl sites for hydroxylation is 1. The first-order valence-corrected chi connectivity index (χ1v) is 9.52. The first-order chi connectivity index (χ1) is 14.0. The molecule has 1 aromatic rings. The van der Waals surface area contributed by atoms with Crippen molar-refractivity contribution in [3.63, 3.8) is 0 Å². The van der Waals surface area contributed by atoms with E-state index in [1.165, 1.54) is 0 Å². The van der Waals surface area contributed by atoms with Crippen molar-refractivity contribution in [2.24, 2.45) is 0 Å². The summed E-state index contributed by atoms with van der Waals surface area (Å²) in [6, 6.07) is 0. The molecule has 2 aliphatic rings. The largest absolute Gasteiger partial charge is 0.490 e. The average Bonchev–Trinajstić information content (AvgIpc) is 3.28. The maximum atomic E-state index is 11.3. The van der Waals surface area contributed by atoms with E-state index in [1.807, 2.05) is 0 Å². The lowest BCUT2D eigenvalue weighted by Crippen LogP contribution is -2.44. The number of halogens is 3. The minimum Gasteiger partial charge on any atom is -0.475 e. The number of likely N-dealkylation sites (tertiary alicyclic amines) is 1. The van der Waals surface area contributed by atoms with Crippen molar-refractivity contribution >= 4 is 11.9 Å². The minimum atomic E-state index is -5.08. The summed E-state index contributed by atoms with van der Waals surface area (Å²) in [5, 5.41) is 9.70. The van der Waals surface area contributed by atoms with E-state index in [9.17, 15) is 18.0 Å². The zero-order chi connectivity index (χ0) is 22.4. The highest BCUT2D eigenvalue weighted by molar-refractivity contribution is 5.76. The summed E-state index contributed by atoms with van der Waals surface area (Å²) in [5.41, 5.74) is 2.20. The fourth-order valence-corrected chi connectivity index (χ4v) is 3.40. The Morgan fingerprint density at radius 2 is 2.07 bits per heavy atom. The number of aromatic amines is 1. The Morgan fingerprint density at radius 3 is 2.57 bits per heavy atom. The van der Waals surface area contributed by atoms with Gasteiger partial charge in [0.15, 0.2) is 0 Å². The lowest BCUT2D eigenvalue weighted by Gasteiger charge is -2.38. The molecule has 0 saturated carbocycles. The van der Waals surface area contributed by atoms with Crippen molar-refractivity contribution in [3.05, 3.63) is 17.7 Å². The molecule has 2 fully saturated rings. The summed E-state index contributed by atoms with van der Waals surface area (Å²) < 4.78 is 43.4. The van der Waals surface area contributed by atoms with Crippen LogP contribution in [0.15, 0.2) is 6.33 Å². The second-order valence-electron chi connectivity index (χ2n) is 7.36. The molecule has 12 heteroatoms. The van der Waals surface area contributed by atoms with Crippen LogP contribution in [0.2, 0.25) is 0 Å². The van der Waals surface area contributed by atoms with Gasteiger partial charge in [-0.05, 0) is 19.8 Å². The molecule has 1 atom stereocenters. The van der Waals surface area contributed by atoms with Crippen molar-refractivity contribution in [2.75, 3.05) is 33.4 Å². The Balaban J connectivity index is 0.000000396. The highest BCUT2D eigenvalue weighted by atomic mass is 19.4. The van der Waals surface area contributed by atoms with Gasteiger partial charge in [-0.15, -0.1) is 0 Å². The van der Waals surface area contributed by atoms with E-state index in [2.05, 4.69) is 27.1 Å². The van der Waals surface area contributed by atoms with Crippen LogP contribution in [0, 0.1) is 6.92 Å². The minimum absolute atomic E-state index is 0.0347. The molecule has 1 aromatic heterocycles. The van der Waals surface area contributed by atoms with Crippen LogP contribution >= 0.6 is 0 Å². The third-order valence-electron chi connectivity index (χ3n) is 5.22. The highest BCUT2D eigenvalue weighted by Gasteiger charge is 2.43. The Bertz CT molecular complexity index is 717. The van der Waals surface area contributed by atoms with E-state index in [-0.39, 0.29) is 24.2 Å². The summed E-state index contributed by atoms with van der Waals surface area (Å²) in [6.07, 6.45) is -0.386. The topological polar surface area (TPSA) is 117 Å². The monoisotopic (exact) mass is 436 g/mol. The Kier molecular flexibility index (Phi) is 8.21. The van der Waals surface area contributed by atoms with Crippen LogP contribution < -0.4 is 5.32 Å². The molecule has 2 saturated heterocycles. The molecule has 1 unspecified atom stereocenters. The standard InChI is InChI=1S/C16H26N4O3.C2HF3O2/c1-12-14(19-11-18-12)8-20-5-3-16(4-6-20)7-13(9-23-16)22-10-15(21)17-2;3-2(4,5)1(6)7/h11,13H,3-10H2,1-2H3,(H,17,21)(H,18,19);(H,6,7). The van der Waals surface area contributed by atoms with Gasteiger partial charge in [-0.2, -0.15) is 13.2 Å². The molecular formula is C18H27F3N4O5. The Labute approximate surface area is 171 Å². The molecular weight excluding hydrogens is 409 g/mol. The molecule has 170 valence electrons. The number of carbonyl (C=O) groups excluding carboxylic acids is 1. The van der Waals surface area contributed by atoms with Crippen LogP contribution in [0.25, 0.3) is 0 Å². The quantitative estimate of drug-likeness (QED) is 0.636. The molecule has 0 aliphatic carbocycles. The van der Waals surface area contributed by atoms with Gasteiger partial charge in [0.25, 0.3) is 0 Å². The van der Waals surface area contributed by atoms with Crippen LogP contribution in [-0.2, 0) is 25.6 Å². The highest BCUT2D eigenvalue weighted by Crippen LogP contribution is 2.37. The molecule has 3 heterocycles. The lowest BCUT2D eigenvalue weighted by atomic mass is 9.88. The molecule has 30 heavy (non-hydrogen) atoms. The maximum absolute atomic E-state index is 11.3. The van der Waals surface area contributed by atoms with Gasteiger partial charge in [0.05, 0.1) is 30.3 Å². The number of nitrogens with zero attached hydrogens (tertiary/aromatic N) is 2. The predicted molar refractivity (Wildman–Crippen MR) is 98.6 cm³/mol. The maximum Gasteiger partial charge on any atom is 0.490 e. The van der Waals surface area contributed by atoms with Crippen molar-refractivity contribution < 1.29 is 37.3 Å². The molecule has 1 amide bonds. The number of hydrogen-bond acceptors (Lipinski definition) is 6. The summed E-state index contributed by atoms with van der Waals surface area (Å²) in [5.74, 6) is -2.84. The number of rotatable bonds is 5. The van der Waals surface area contributed by atoms with Gasteiger partial charge in [-0.3, -0.25) is 9.69 Å². The number of amides is 1. The van der Waals surface area contributed by atoms with Crippen LogP contribution in [0.1, 0.15) is 30.7 Å². The van der Waals surface area contributed by atoms with E-state index >= 15 is 0 Å². The first kappa shape index (κ1) is 24.1. The normalized spacial score (nSPS) is 21.2. The van der Waals surface area contributed by atoms with Gasteiger partial charge in [0.1, 0.15) is 6.61 Å². The average molecular weight is 436 g/mol. The van der Waals surface area contributed by atoms with Crippen molar-refractivity contribution in [3.8, 4) is 0 Å². The number of ether oxygens (including phenoxy) is 2. The van der Waals surface area contributed by atoms with E-state index < -0.39 is 12.1 Å². The number of imidazole rings is 1. The Hall–Kier alpha value is -2.18. The second kappa shape index (κ2) is 10.2. The van der Waals surface area contributed by atoms with Crippen molar-refractivity contribution in [2.45, 2.75) is 50.6 Å². The second-order valence-corrected chi connectivity index (χ2v) is 7.36. The van der Waals surface area contributed by atoms with E-state index in [1.54, 1.807) is 13.4 Å². The first-order valence-electron chi connectivity index (χ1n) is 9.52. The molecule has 1 spiro atoms. The number of piperidine rings is 1. The van der Waals surface area contributed by atoms with Crippen LogP contribution in [0.4, 0.5) is 13.2 Å². The van der Waals surface area contributed by atoms with Gasteiger partial charge in [0, 0.05) is 38.8 Å². The number of H-pyrrole nitrogens is 1. The van der Waals surface area contributed by atoms with Crippen LogP contribution in [0.3, 0.4) is 0 Å². The van der Waals surface area contributed by atoms with Gasteiger partial charge >= 0.3 is 12.1 Å². The molecule has 0 bridgehead atoms. The summed E-state index contributed by atoms with van der Waals surface area (Å²) in [7, 11) is 1.62. The fraction of sp³-hybridized carbons (Fsp3) is 0.722. The summed E-state index contributed by atoms with van der Waals surface area (Å²) in [4.78, 5) is 30.1. The predicted octanol–water partition coefficient (Wildman–Crippen LogP) is 1.24. The lowest BCUT2D eigenvalue weighted by molar-refractivity contribution is -0.192. The van der Waals surface area contributed by atoms with Gasteiger partial charge in [-0.25, -0.2) is 9.78 Å². The van der Waals surface area contributed by atoms with Crippen LogP contribution in [0.5, 0.6) is 0 Å². The number of carboxylic acids is 1. The number of likely N-dealkylation sites (N-methyl/N-ethyl adjacent to an activating group) is 1. The van der Waals surface area contributed by atoms with Crippen molar-refractivity contribution in [1.29, 1.82) is 0 Å². The molecule has 3 rings (SSSR count). The molecule has 2 aliphatic heterocycles.